The normalized spacial score (nSPS) is 22.7. The maximum Gasteiger partial charge on any atom is 0.410 e. The number of rotatable bonds is 13. The van der Waals surface area contributed by atoms with Gasteiger partial charge in [-0.2, -0.15) is 9.97 Å². The third-order valence-corrected chi connectivity index (χ3v) is 21.8. The number of carbonyl (C=O) groups is 1. The molecule has 12 heteroatoms. The standard InChI is InChI=1S/C53H70FN5O5Si/c1-33(2)65(34(3)4,35(5)6)23-20-37-12-11-13-38-25-42(63-32-61-10)26-45(46(37)38)43-18-19-44-48(47(43)54)55-50(62-31-53(21-22-53)30-58-27-36-14-15-39(58)24-36)56-49(44)57-28-40-16-17-41(29-57)59(40)51(60)64-52(7,8)9/h11-13,18-19,25-26,33-36,39-41H,14-17,21-22,24,27-32H2,1-10H3. The zero-order valence-corrected chi connectivity index (χ0v) is 41.4. The van der Waals surface area contributed by atoms with Crippen LogP contribution in [0.5, 0.6) is 11.8 Å². The van der Waals surface area contributed by atoms with Gasteiger partial charge in [0.15, 0.2) is 12.6 Å². The molecule has 1 amide bonds. The van der Waals surface area contributed by atoms with Crippen molar-refractivity contribution in [1.29, 1.82) is 0 Å². The largest absolute Gasteiger partial charge is 0.468 e. The van der Waals surface area contributed by atoms with Crippen molar-refractivity contribution in [2.45, 2.75) is 148 Å². The second-order valence-electron chi connectivity index (χ2n) is 22.0. The molecule has 1 aromatic heterocycles. The van der Waals surface area contributed by atoms with Gasteiger partial charge in [-0.05, 0) is 123 Å². The molecule has 4 bridgehead atoms. The maximum absolute atomic E-state index is 18.0. The molecule has 2 aliphatic carbocycles. The summed E-state index contributed by atoms with van der Waals surface area (Å²) in [5.74, 6) is 5.28. The highest BCUT2D eigenvalue weighted by Gasteiger charge is 2.50. The Balaban J connectivity index is 1.15. The summed E-state index contributed by atoms with van der Waals surface area (Å²) in [6, 6.07) is 14.6. The molecule has 0 radical (unpaired) electrons. The van der Waals surface area contributed by atoms with E-state index in [2.05, 4.69) is 68.9 Å². The van der Waals surface area contributed by atoms with Gasteiger partial charge in [0.1, 0.15) is 30.8 Å². The molecule has 4 heterocycles. The molecule has 65 heavy (non-hydrogen) atoms. The molecule has 4 aromatic rings. The fourth-order valence-electron chi connectivity index (χ4n) is 12.3. The minimum atomic E-state index is -2.10. The molecule has 5 aliphatic rings. The van der Waals surface area contributed by atoms with Gasteiger partial charge in [-0.25, -0.2) is 9.18 Å². The first kappa shape index (κ1) is 45.7. The van der Waals surface area contributed by atoms with Gasteiger partial charge in [-0.3, -0.25) is 9.80 Å². The molecule has 3 aliphatic heterocycles. The summed E-state index contributed by atoms with van der Waals surface area (Å²) in [5, 5.41) is 2.38. The van der Waals surface area contributed by atoms with Crippen LogP contribution in [0.15, 0.2) is 42.5 Å². The van der Waals surface area contributed by atoms with Crippen molar-refractivity contribution < 1.29 is 28.1 Å². The van der Waals surface area contributed by atoms with Crippen LogP contribution in [0.2, 0.25) is 16.6 Å². The maximum atomic E-state index is 18.0. The topological polar surface area (TPSA) is 89.5 Å². The lowest BCUT2D eigenvalue weighted by atomic mass is 9.93. The van der Waals surface area contributed by atoms with E-state index in [9.17, 15) is 4.79 Å². The van der Waals surface area contributed by atoms with Gasteiger partial charge in [-0.15, -0.1) is 5.54 Å². The molecule has 10 nitrogen and oxygen atoms in total. The number of nitrogens with zero attached hydrogens (tertiary/aromatic N) is 5. The van der Waals surface area contributed by atoms with E-state index in [0.717, 1.165) is 54.5 Å². The van der Waals surface area contributed by atoms with Gasteiger partial charge in [0.05, 0.1) is 18.7 Å². The number of fused-ring (bicyclic) bond motifs is 6. The minimum Gasteiger partial charge on any atom is -0.468 e. The molecule has 3 saturated heterocycles. The molecule has 9 rings (SSSR count). The van der Waals surface area contributed by atoms with Gasteiger partial charge in [0, 0.05) is 66.6 Å². The number of likely N-dealkylation sites (tertiary alicyclic amines) is 1. The second-order valence-corrected chi connectivity index (χ2v) is 27.5. The predicted octanol–water partition coefficient (Wildman–Crippen LogP) is 11.4. The van der Waals surface area contributed by atoms with Crippen LogP contribution in [0.4, 0.5) is 15.0 Å². The fraction of sp³-hybridized carbons (Fsp3) is 0.604. The van der Waals surface area contributed by atoms with Crippen LogP contribution in [-0.2, 0) is 9.47 Å². The Morgan fingerprint density at radius 3 is 2.22 bits per heavy atom. The Hall–Kier alpha value is -4.44. The number of hydrogen-bond acceptors (Lipinski definition) is 9. The van der Waals surface area contributed by atoms with Crippen molar-refractivity contribution in [1.82, 2.24) is 19.8 Å². The zero-order valence-electron chi connectivity index (χ0n) is 40.4. The Morgan fingerprint density at radius 1 is 0.892 bits per heavy atom. The van der Waals surface area contributed by atoms with E-state index in [-0.39, 0.29) is 41.9 Å². The Kier molecular flexibility index (Phi) is 12.4. The van der Waals surface area contributed by atoms with Crippen molar-refractivity contribution in [2.75, 3.05) is 51.6 Å². The number of anilines is 1. The van der Waals surface area contributed by atoms with Crippen molar-refractivity contribution in [3.8, 4) is 34.4 Å². The molecular formula is C53H70FN5O5Si. The fourth-order valence-corrected chi connectivity index (χ4v) is 17.5. The number of amides is 1. The smallest absolute Gasteiger partial charge is 0.410 e. The van der Waals surface area contributed by atoms with Gasteiger partial charge in [0.2, 0.25) is 0 Å². The Labute approximate surface area is 386 Å². The lowest BCUT2D eigenvalue weighted by Crippen LogP contribution is -2.57. The van der Waals surface area contributed by atoms with Crippen molar-refractivity contribution >= 4 is 41.7 Å². The van der Waals surface area contributed by atoms with Crippen LogP contribution in [0, 0.1) is 28.6 Å². The first-order valence-electron chi connectivity index (χ1n) is 24.3. The summed E-state index contributed by atoms with van der Waals surface area (Å²) in [7, 11) is -0.510. The van der Waals surface area contributed by atoms with Crippen LogP contribution in [-0.4, -0.2) is 104 Å². The summed E-state index contributed by atoms with van der Waals surface area (Å²) in [4.78, 5) is 30.4. The summed E-state index contributed by atoms with van der Waals surface area (Å²) in [6.45, 7) is 23.5. The van der Waals surface area contributed by atoms with Crippen molar-refractivity contribution in [3.05, 3.63) is 53.8 Å². The number of benzene rings is 3. The summed E-state index contributed by atoms with van der Waals surface area (Å²) < 4.78 is 41.9. The average Bonchev–Trinajstić information content (AvgIpc) is 3.53. The average molecular weight is 904 g/mol. The van der Waals surface area contributed by atoms with Crippen LogP contribution in [0.1, 0.15) is 113 Å². The van der Waals surface area contributed by atoms with Gasteiger partial charge >= 0.3 is 12.1 Å². The minimum absolute atomic E-state index is 0.0525. The monoisotopic (exact) mass is 904 g/mol. The van der Waals surface area contributed by atoms with E-state index < -0.39 is 19.5 Å². The molecule has 0 spiro atoms. The predicted molar refractivity (Wildman–Crippen MR) is 260 cm³/mol. The number of hydrogen-bond donors (Lipinski definition) is 0. The van der Waals surface area contributed by atoms with E-state index in [0.29, 0.717) is 70.4 Å². The number of methoxy groups -OCH3 is 1. The first-order chi connectivity index (χ1) is 31.0. The molecule has 4 atom stereocenters. The molecule has 0 N–H and O–H groups in total. The van der Waals surface area contributed by atoms with Crippen molar-refractivity contribution in [3.63, 3.8) is 0 Å². The van der Waals surface area contributed by atoms with Gasteiger partial charge < -0.3 is 23.8 Å². The molecule has 5 fully saturated rings. The third-order valence-electron chi connectivity index (χ3n) is 15.5. The van der Waals surface area contributed by atoms with Crippen LogP contribution in [0.3, 0.4) is 0 Å². The molecular weight excluding hydrogens is 834 g/mol. The molecule has 3 aromatic carbocycles. The Bertz CT molecular complexity index is 2470. The van der Waals surface area contributed by atoms with E-state index in [1.54, 1.807) is 7.11 Å². The quantitative estimate of drug-likeness (QED) is 0.0739. The highest BCUT2D eigenvalue weighted by Crippen LogP contribution is 2.50. The van der Waals surface area contributed by atoms with Gasteiger partial charge in [-0.1, -0.05) is 65.7 Å². The number of ether oxygens (including phenoxy) is 4. The van der Waals surface area contributed by atoms with E-state index in [1.165, 1.54) is 25.8 Å². The SMILES string of the molecule is COCOc1cc(-c2ccc3c(N4CC5CCC(C4)N5C(=O)OC(C)(C)C)nc(OCC4(CN5CC6CCC5C6)CC4)nc3c2F)c2c(C#C[Si](C(C)C)(C(C)C)C(C)C)cccc2c1. The van der Waals surface area contributed by atoms with E-state index in [4.69, 9.17) is 28.9 Å². The summed E-state index contributed by atoms with van der Waals surface area (Å²) >= 11 is 0. The lowest BCUT2D eigenvalue weighted by molar-refractivity contribution is 0.0122. The number of aromatic nitrogens is 2. The molecule has 348 valence electrons. The number of piperidine rings is 1. The number of carbonyl (C=O) groups excluding carboxylic acids is 1. The van der Waals surface area contributed by atoms with Crippen LogP contribution >= 0.6 is 0 Å². The highest BCUT2D eigenvalue weighted by molar-refractivity contribution is 6.90. The summed E-state index contributed by atoms with van der Waals surface area (Å²) in [5.41, 5.74) is 6.90. The highest BCUT2D eigenvalue weighted by atomic mass is 28.3. The first-order valence-corrected chi connectivity index (χ1v) is 26.6. The number of piperazine rings is 1. The zero-order chi connectivity index (χ0) is 46.0. The third kappa shape index (κ3) is 8.82. The van der Waals surface area contributed by atoms with E-state index >= 15 is 4.39 Å². The van der Waals surface area contributed by atoms with Crippen LogP contribution < -0.4 is 14.4 Å². The van der Waals surface area contributed by atoms with E-state index in [1.807, 2.05) is 62.1 Å². The number of halogens is 1. The lowest BCUT2D eigenvalue weighted by Gasteiger charge is -2.42. The van der Waals surface area contributed by atoms with Gasteiger partial charge in [0.25, 0.3) is 0 Å². The van der Waals surface area contributed by atoms with Crippen molar-refractivity contribution in [2.24, 2.45) is 11.3 Å². The molecule has 4 unspecified atom stereocenters. The molecule has 2 saturated carbocycles. The summed E-state index contributed by atoms with van der Waals surface area (Å²) in [6.07, 6.45) is 7.62. The van der Waals surface area contributed by atoms with Crippen LogP contribution in [0.25, 0.3) is 32.8 Å². The second kappa shape index (κ2) is 17.7. The Morgan fingerprint density at radius 2 is 1.60 bits per heavy atom.